The van der Waals surface area contributed by atoms with Crippen molar-refractivity contribution in [3.05, 3.63) is 71.2 Å². The lowest BCUT2D eigenvalue weighted by Crippen LogP contribution is -2.13. The minimum atomic E-state index is -4.48. The van der Waals surface area contributed by atoms with E-state index in [1.54, 1.807) is 13.0 Å². The highest BCUT2D eigenvalue weighted by atomic mass is 19.4. The SMILES string of the molecule is CCOC(=O)c1cc2cc(C(F)(F)F)ccc2n1Cc1cccc(F)c1. The molecule has 0 atom stereocenters. The molecule has 0 saturated heterocycles. The molecule has 0 radical (unpaired) electrons. The minimum Gasteiger partial charge on any atom is -0.461 e. The van der Waals surface area contributed by atoms with Gasteiger partial charge in [0.2, 0.25) is 0 Å². The van der Waals surface area contributed by atoms with Crippen molar-refractivity contribution in [3.63, 3.8) is 0 Å². The smallest absolute Gasteiger partial charge is 0.416 e. The Morgan fingerprint density at radius 3 is 2.54 bits per heavy atom. The predicted molar refractivity (Wildman–Crippen MR) is 88.4 cm³/mol. The van der Waals surface area contributed by atoms with Crippen LogP contribution in [0.15, 0.2) is 48.5 Å². The van der Waals surface area contributed by atoms with E-state index in [9.17, 15) is 22.4 Å². The molecule has 3 aromatic rings. The molecular formula is C19H15F4NO2. The summed E-state index contributed by atoms with van der Waals surface area (Å²) in [5.74, 6) is -1.08. The molecule has 0 amide bonds. The summed E-state index contributed by atoms with van der Waals surface area (Å²) in [6, 6.07) is 10.4. The van der Waals surface area contributed by atoms with Gasteiger partial charge in [0.15, 0.2) is 0 Å². The maximum absolute atomic E-state index is 13.4. The molecule has 26 heavy (non-hydrogen) atoms. The van der Waals surface area contributed by atoms with Gasteiger partial charge in [0.1, 0.15) is 11.5 Å². The minimum absolute atomic E-state index is 0.116. The van der Waals surface area contributed by atoms with E-state index in [2.05, 4.69) is 0 Å². The van der Waals surface area contributed by atoms with Crippen LogP contribution in [0.3, 0.4) is 0 Å². The summed E-state index contributed by atoms with van der Waals surface area (Å²) < 4.78 is 58.8. The van der Waals surface area contributed by atoms with Gasteiger partial charge in [-0.3, -0.25) is 0 Å². The molecular weight excluding hydrogens is 350 g/mol. The molecule has 0 saturated carbocycles. The van der Waals surface area contributed by atoms with Gasteiger partial charge >= 0.3 is 12.1 Å². The third-order valence-electron chi connectivity index (χ3n) is 3.94. The fourth-order valence-electron chi connectivity index (χ4n) is 2.81. The number of esters is 1. The molecule has 0 aliphatic rings. The molecule has 2 aromatic carbocycles. The van der Waals surface area contributed by atoms with Crippen LogP contribution in [-0.4, -0.2) is 17.1 Å². The second-order valence-corrected chi connectivity index (χ2v) is 5.74. The van der Waals surface area contributed by atoms with Crippen LogP contribution >= 0.6 is 0 Å². The van der Waals surface area contributed by atoms with Gasteiger partial charge in [-0.1, -0.05) is 12.1 Å². The number of alkyl halides is 3. The van der Waals surface area contributed by atoms with Crippen molar-refractivity contribution in [1.29, 1.82) is 0 Å². The Balaban J connectivity index is 2.14. The Hall–Kier alpha value is -2.83. The van der Waals surface area contributed by atoms with Crippen molar-refractivity contribution in [2.24, 2.45) is 0 Å². The van der Waals surface area contributed by atoms with Crippen LogP contribution in [0, 0.1) is 5.82 Å². The van der Waals surface area contributed by atoms with Crippen LogP contribution in [-0.2, 0) is 17.5 Å². The second kappa shape index (κ2) is 6.82. The van der Waals surface area contributed by atoms with Crippen molar-refractivity contribution in [3.8, 4) is 0 Å². The van der Waals surface area contributed by atoms with E-state index >= 15 is 0 Å². The van der Waals surface area contributed by atoms with Gasteiger partial charge in [0.25, 0.3) is 0 Å². The number of nitrogens with zero attached hydrogens (tertiary/aromatic N) is 1. The first kappa shape index (κ1) is 18.0. The van der Waals surface area contributed by atoms with Crippen molar-refractivity contribution in [2.45, 2.75) is 19.6 Å². The standard InChI is InChI=1S/C19H15F4NO2/c1-2-26-18(25)17-10-13-9-14(19(21,22)23)6-7-16(13)24(17)11-12-4-3-5-15(20)8-12/h3-10H,2,11H2,1H3. The molecule has 0 aliphatic carbocycles. The molecule has 0 aliphatic heterocycles. The van der Waals surface area contributed by atoms with E-state index in [4.69, 9.17) is 4.74 Å². The Bertz CT molecular complexity index is 960. The fraction of sp³-hybridized carbons (Fsp3) is 0.211. The Morgan fingerprint density at radius 1 is 1.12 bits per heavy atom. The van der Waals surface area contributed by atoms with Crippen LogP contribution in [0.25, 0.3) is 10.9 Å². The highest BCUT2D eigenvalue weighted by Crippen LogP contribution is 2.33. The predicted octanol–water partition coefficient (Wildman–Crippen LogP) is 5.02. The van der Waals surface area contributed by atoms with E-state index in [0.717, 1.165) is 12.1 Å². The molecule has 7 heteroatoms. The number of carbonyl (C=O) groups is 1. The van der Waals surface area contributed by atoms with E-state index in [0.29, 0.717) is 11.1 Å². The molecule has 0 unspecified atom stereocenters. The number of carbonyl (C=O) groups excluding carboxylic acids is 1. The molecule has 0 N–H and O–H groups in total. The van der Waals surface area contributed by atoms with Crippen LogP contribution in [0.2, 0.25) is 0 Å². The molecule has 3 nitrogen and oxygen atoms in total. The Morgan fingerprint density at radius 2 is 1.88 bits per heavy atom. The molecule has 1 heterocycles. The summed E-state index contributed by atoms with van der Waals surface area (Å²) in [4.78, 5) is 12.2. The monoisotopic (exact) mass is 365 g/mol. The first-order valence-electron chi connectivity index (χ1n) is 7.91. The lowest BCUT2D eigenvalue weighted by molar-refractivity contribution is -0.137. The first-order chi connectivity index (χ1) is 12.3. The highest BCUT2D eigenvalue weighted by Gasteiger charge is 2.31. The summed E-state index contributed by atoms with van der Waals surface area (Å²) in [7, 11) is 0. The second-order valence-electron chi connectivity index (χ2n) is 5.74. The maximum atomic E-state index is 13.4. The summed E-state index contributed by atoms with van der Waals surface area (Å²) >= 11 is 0. The third-order valence-corrected chi connectivity index (χ3v) is 3.94. The zero-order valence-electron chi connectivity index (χ0n) is 13.8. The summed E-state index contributed by atoms with van der Waals surface area (Å²) in [6.07, 6.45) is -4.48. The van der Waals surface area contributed by atoms with Gasteiger partial charge in [-0.2, -0.15) is 13.2 Å². The Labute approximate surface area is 146 Å². The largest absolute Gasteiger partial charge is 0.461 e. The van der Waals surface area contributed by atoms with Gasteiger partial charge in [-0.05, 0) is 48.9 Å². The molecule has 0 spiro atoms. The zero-order chi connectivity index (χ0) is 18.9. The van der Waals surface area contributed by atoms with Gasteiger partial charge in [0, 0.05) is 17.4 Å². The molecule has 136 valence electrons. The van der Waals surface area contributed by atoms with E-state index in [1.807, 2.05) is 0 Å². The van der Waals surface area contributed by atoms with E-state index in [-0.39, 0.29) is 24.2 Å². The lowest BCUT2D eigenvalue weighted by atomic mass is 10.1. The molecule has 1 aromatic heterocycles. The van der Waals surface area contributed by atoms with Gasteiger partial charge < -0.3 is 9.30 Å². The number of benzene rings is 2. The van der Waals surface area contributed by atoms with Crippen LogP contribution in [0.4, 0.5) is 17.6 Å². The van der Waals surface area contributed by atoms with Crippen LogP contribution in [0.1, 0.15) is 28.5 Å². The van der Waals surface area contributed by atoms with Gasteiger partial charge in [-0.25, -0.2) is 9.18 Å². The van der Waals surface area contributed by atoms with Crippen LogP contribution in [0.5, 0.6) is 0 Å². The fourth-order valence-corrected chi connectivity index (χ4v) is 2.81. The normalized spacial score (nSPS) is 11.7. The van der Waals surface area contributed by atoms with Crippen molar-refractivity contribution in [1.82, 2.24) is 4.57 Å². The van der Waals surface area contributed by atoms with Crippen molar-refractivity contribution < 1.29 is 27.1 Å². The number of ether oxygens (including phenoxy) is 1. The number of hydrogen-bond donors (Lipinski definition) is 0. The van der Waals surface area contributed by atoms with Gasteiger partial charge in [0.05, 0.1) is 12.2 Å². The summed E-state index contributed by atoms with van der Waals surface area (Å²) in [5, 5.41) is 0.263. The van der Waals surface area contributed by atoms with Crippen LogP contribution < -0.4 is 0 Å². The average Bonchev–Trinajstić information content (AvgIpc) is 2.92. The zero-order valence-corrected chi connectivity index (χ0v) is 13.8. The third kappa shape index (κ3) is 3.56. The average molecular weight is 365 g/mol. The van der Waals surface area contributed by atoms with Crippen molar-refractivity contribution >= 4 is 16.9 Å². The number of aromatic nitrogens is 1. The van der Waals surface area contributed by atoms with Gasteiger partial charge in [-0.15, -0.1) is 0 Å². The summed E-state index contributed by atoms with van der Waals surface area (Å²) in [6.45, 7) is 1.90. The molecule has 0 bridgehead atoms. The number of fused-ring (bicyclic) bond motifs is 1. The van der Waals surface area contributed by atoms with E-state index in [1.165, 1.54) is 34.9 Å². The Kier molecular flexibility index (Phi) is 4.71. The quantitative estimate of drug-likeness (QED) is 0.480. The topological polar surface area (TPSA) is 31.2 Å². The van der Waals surface area contributed by atoms with E-state index < -0.39 is 23.5 Å². The number of halogens is 4. The molecule has 3 rings (SSSR count). The number of hydrogen-bond acceptors (Lipinski definition) is 2. The highest BCUT2D eigenvalue weighted by molar-refractivity contribution is 5.96. The first-order valence-corrected chi connectivity index (χ1v) is 7.91. The lowest BCUT2D eigenvalue weighted by Gasteiger charge is -2.11. The number of rotatable bonds is 4. The summed E-state index contributed by atoms with van der Waals surface area (Å²) in [5.41, 5.74) is 0.326. The maximum Gasteiger partial charge on any atom is 0.416 e. The van der Waals surface area contributed by atoms with Crippen molar-refractivity contribution in [2.75, 3.05) is 6.61 Å². The molecule has 0 fully saturated rings.